The molecule has 35 heavy (non-hydrogen) atoms. The summed E-state index contributed by atoms with van der Waals surface area (Å²) in [5.41, 5.74) is 7.85. The van der Waals surface area contributed by atoms with Crippen molar-refractivity contribution in [2.75, 3.05) is 7.11 Å². The lowest BCUT2D eigenvalue weighted by Crippen LogP contribution is -2.31. The Hall–Kier alpha value is -4.59. The molecule has 0 saturated heterocycles. The van der Waals surface area contributed by atoms with Crippen molar-refractivity contribution in [3.05, 3.63) is 113 Å². The fourth-order valence-corrected chi connectivity index (χ4v) is 3.72. The SMILES string of the molecule is COc1ccc(C(NC(=O)c2cccc(COc3ccccc3C(N)=O)c2)c2nccn2C)cc1. The van der Waals surface area contributed by atoms with Gasteiger partial charge in [-0.05, 0) is 47.5 Å². The average Bonchev–Trinajstić information content (AvgIpc) is 3.31. The van der Waals surface area contributed by atoms with Crippen LogP contribution in [0.15, 0.2) is 85.2 Å². The first-order valence-corrected chi connectivity index (χ1v) is 11.0. The fourth-order valence-electron chi connectivity index (χ4n) is 3.72. The quantitative estimate of drug-likeness (QED) is 0.388. The average molecular weight is 471 g/mol. The molecule has 4 rings (SSSR count). The molecule has 1 atom stereocenters. The van der Waals surface area contributed by atoms with Crippen molar-refractivity contribution in [3.8, 4) is 11.5 Å². The van der Waals surface area contributed by atoms with Crippen LogP contribution >= 0.6 is 0 Å². The van der Waals surface area contributed by atoms with Gasteiger partial charge in [0.1, 0.15) is 30.0 Å². The molecule has 0 aliphatic heterocycles. The molecule has 1 heterocycles. The van der Waals surface area contributed by atoms with Crippen molar-refractivity contribution in [2.24, 2.45) is 12.8 Å². The van der Waals surface area contributed by atoms with E-state index in [1.165, 1.54) is 0 Å². The molecule has 0 fully saturated rings. The van der Waals surface area contributed by atoms with Gasteiger partial charge in [-0.1, -0.05) is 36.4 Å². The molecule has 0 aliphatic carbocycles. The maximum atomic E-state index is 13.3. The summed E-state index contributed by atoms with van der Waals surface area (Å²) in [5, 5.41) is 3.09. The van der Waals surface area contributed by atoms with Crippen LogP contribution in [0.25, 0.3) is 0 Å². The zero-order valence-electron chi connectivity index (χ0n) is 19.5. The van der Waals surface area contributed by atoms with Gasteiger partial charge in [0, 0.05) is 25.0 Å². The summed E-state index contributed by atoms with van der Waals surface area (Å²) in [5.74, 6) is 1.00. The number of ether oxygens (including phenoxy) is 2. The number of imidazole rings is 1. The molecule has 1 aromatic heterocycles. The molecule has 3 aromatic carbocycles. The maximum absolute atomic E-state index is 13.3. The largest absolute Gasteiger partial charge is 0.497 e. The Morgan fingerprint density at radius 2 is 1.83 bits per heavy atom. The number of aryl methyl sites for hydroxylation is 1. The third kappa shape index (κ3) is 5.50. The van der Waals surface area contributed by atoms with E-state index in [4.69, 9.17) is 15.2 Å². The Morgan fingerprint density at radius 1 is 1.06 bits per heavy atom. The van der Waals surface area contributed by atoms with Gasteiger partial charge in [0.2, 0.25) is 0 Å². The summed E-state index contributed by atoms with van der Waals surface area (Å²) < 4.78 is 12.9. The first-order chi connectivity index (χ1) is 17.0. The number of carbonyl (C=O) groups is 2. The van der Waals surface area contributed by atoms with E-state index >= 15 is 0 Å². The van der Waals surface area contributed by atoms with Crippen molar-refractivity contribution in [3.63, 3.8) is 0 Å². The van der Waals surface area contributed by atoms with Crippen LogP contribution in [-0.2, 0) is 13.7 Å². The number of benzene rings is 3. The number of nitrogens with zero attached hydrogens (tertiary/aromatic N) is 2. The van der Waals surface area contributed by atoms with Crippen molar-refractivity contribution in [2.45, 2.75) is 12.6 Å². The first kappa shape index (κ1) is 23.6. The summed E-state index contributed by atoms with van der Waals surface area (Å²) in [7, 11) is 3.49. The molecular formula is C27H26N4O4. The first-order valence-electron chi connectivity index (χ1n) is 11.0. The van der Waals surface area contributed by atoms with Crippen LogP contribution in [0.5, 0.6) is 11.5 Å². The van der Waals surface area contributed by atoms with Gasteiger partial charge in [0.25, 0.3) is 11.8 Å². The molecule has 0 saturated carbocycles. The zero-order valence-corrected chi connectivity index (χ0v) is 19.5. The molecule has 8 nitrogen and oxygen atoms in total. The van der Waals surface area contributed by atoms with E-state index in [1.54, 1.807) is 55.8 Å². The number of rotatable bonds is 9. The molecule has 8 heteroatoms. The van der Waals surface area contributed by atoms with Gasteiger partial charge in [-0.25, -0.2) is 4.98 Å². The number of hydrogen-bond acceptors (Lipinski definition) is 5. The van der Waals surface area contributed by atoms with Gasteiger partial charge < -0.3 is 25.1 Å². The lowest BCUT2D eigenvalue weighted by Gasteiger charge is -2.20. The molecule has 3 N–H and O–H groups in total. The highest BCUT2D eigenvalue weighted by molar-refractivity contribution is 5.95. The minimum atomic E-state index is -0.562. The van der Waals surface area contributed by atoms with Crippen LogP contribution in [0.1, 0.15) is 43.7 Å². The van der Waals surface area contributed by atoms with E-state index in [-0.39, 0.29) is 12.5 Å². The van der Waals surface area contributed by atoms with Gasteiger partial charge in [-0.3, -0.25) is 9.59 Å². The molecular weight excluding hydrogens is 444 g/mol. The molecule has 178 valence electrons. The minimum Gasteiger partial charge on any atom is -0.497 e. The predicted octanol–water partition coefficient (Wildman–Crippen LogP) is 3.63. The smallest absolute Gasteiger partial charge is 0.252 e. The Kier molecular flexibility index (Phi) is 7.11. The lowest BCUT2D eigenvalue weighted by atomic mass is 10.0. The van der Waals surface area contributed by atoms with E-state index < -0.39 is 11.9 Å². The predicted molar refractivity (Wildman–Crippen MR) is 131 cm³/mol. The van der Waals surface area contributed by atoms with E-state index in [0.29, 0.717) is 22.7 Å². The van der Waals surface area contributed by atoms with Gasteiger partial charge in [0.05, 0.1) is 12.7 Å². The monoisotopic (exact) mass is 470 g/mol. The Morgan fingerprint density at radius 3 is 2.51 bits per heavy atom. The maximum Gasteiger partial charge on any atom is 0.252 e. The van der Waals surface area contributed by atoms with E-state index in [0.717, 1.165) is 16.9 Å². The topological polar surface area (TPSA) is 108 Å². The number of nitrogens with one attached hydrogen (secondary N) is 1. The Labute approximate surface area is 203 Å². The van der Waals surface area contributed by atoms with Gasteiger partial charge >= 0.3 is 0 Å². The number of primary amides is 1. The summed E-state index contributed by atoms with van der Waals surface area (Å²) >= 11 is 0. The van der Waals surface area contributed by atoms with Gasteiger partial charge in [0.15, 0.2) is 0 Å². The molecule has 0 radical (unpaired) electrons. The summed E-state index contributed by atoms with van der Waals surface area (Å²) in [6.45, 7) is 0.173. The highest BCUT2D eigenvalue weighted by atomic mass is 16.5. The van der Waals surface area contributed by atoms with E-state index in [9.17, 15) is 9.59 Å². The van der Waals surface area contributed by atoms with Crippen LogP contribution in [0, 0.1) is 0 Å². The number of para-hydroxylation sites is 1. The molecule has 0 aliphatic rings. The third-order valence-electron chi connectivity index (χ3n) is 5.58. The summed E-state index contributed by atoms with van der Waals surface area (Å²) in [6, 6.07) is 20.9. The number of nitrogens with two attached hydrogens (primary N) is 1. The number of hydrogen-bond donors (Lipinski definition) is 2. The Balaban J connectivity index is 1.53. The highest BCUT2D eigenvalue weighted by Crippen LogP contribution is 2.24. The Bertz CT molecular complexity index is 1330. The standard InChI is InChI=1S/C27H26N4O4/c1-31-15-14-29-26(31)24(19-10-12-21(34-2)13-11-19)30-27(33)20-7-5-6-18(16-20)17-35-23-9-4-3-8-22(23)25(28)32/h3-16,24H,17H2,1-2H3,(H2,28,32)(H,30,33). The molecule has 2 amide bonds. The summed E-state index contributed by atoms with van der Waals surface area (Å²) in [4.78, 5) is 29.3. The van der Waals surface area contributed by atoms with Crippen LogP contribution in [0.4, 0.5) is 0 Å². The summed E-state index contributed by atoms with van der Waals surface area (Å²) in [6.07, 6.45) is 3.53. The second-order valence-corrected chi connectivity index (χ2v) is 7.93. The molecule has 1 unspecified atom stereocenters. The molecule has 4 aromatic rings. The number of methoxy groups -OCH3 is 1. The van der Waals surface area contributed by atoms with Crippen LogP contribution < -0.4 is 20.5 Å². The fraction of sp³-hybridized carbons (Fsp3) is 0.148. The number of amides is 2. The van der Waals surface area contributed by atoms with Crippen molar-refractivity contribution in [1.82, 2.24) is 14.9 Å². The molecule has 0 spiro atoms. The van der Waals surface area contributed by atoms with Gasteiger partial charge in [-0.2, -0.15) is 0 Å². The second kappa shape index (κ2) is 10.6. The van der Waals surface area contributed by atoms with Crippen molar-refractivity contribution < 1.29 is 19.1 Å². The van der Waals surface area contributed by atoms with Crippen molar-refractivity contribution >= 4 is 11.8 Å². The second-order valence-electron chi connectivity index (χ2n) is 7.93. The van der Waals surface area contributed by atoms with E-state index in [2.05, 4.69) is 10.3 Å². The van der Waals surface area contributed by atoms with Crippen LogP contribution in [0.2, 0.25) is 0 Å². The van der Waals surface area contributed by atoms with Crippen LogP contribution in [0.3, 0.4) is 0 Å². The van der Waals surface area contributed by atoms with Crippen molar-refractivity contribution in [1.29, 1.82) is 0 Å². The normalized spacial score (nSPS) is 11.5. The molecule has 0 bridgehead atoms. The lowest BCUT2D eigenvalue weighted by molar-refractivity contribution is 0.0940. The van der Waals surface area contributed by atoms with E-state index in [1.807, 2.05) is 48.1 Å². The van der Waals surface area contributed by atoms with Gasteiger partial charge in [-0.15, -0.1) is 0 Å². The number of carbonyl (C=O) groups excluding carboxylic acids is 2. The number of aromatic nitrogens is 2. The zero-order chi connectivity index (χ0) is 24.8. The minimum absolute atomic E-state index is 0.173. The highest BCUT2D eigenvalue weighted by Gasteiger charge is 2.22. The van der Waals surface area contributed by atoms with Crippen LogP contribution in [-0.4, -0.2) is 28.5 Å². The third-order valence-corrected chi connectivity index (χ3v) is 5.58.